The summed E-state index contributed by atoms with van der Waals surface area (Å²) in [5.41, 5.74) is -0.300. The molecule has 1 saturated heterocycles. The van der Waals surface area contributed by atoms with Gasteiger partial charge in [0.25, 0.3) is 5.91 Å². The summed E-state index contributed by atoms with van der Waals surface area (Å²) in [5.74, 6) is -0.819. The Balaban J connectivity index is 1.90. The first kappa shape index (κ1) is 19.2. The number of rotatable bonds is 5. The summed E-state index contributed by atoms with van der Waals surface area (Å²) in [6.07, 6.45) is 0. The second-order valence-electron chi connectivity index (χ2n) is 6.64. The maximum absolute atomic E-state index is 13.8. The number of ether oxygens (including phenoxy) is 2. The number of carbonyl (C=O) groups excluding carboxylic acids is 2. The first-order valence-electron chi connectivity index (χ1n) is 8.26. The van der Waals surface area contributed by atoms with Gasteiger partial charge in [0.05, 0.1) is 7.11 Å². The van der Waals surface area contributed by atoms with Crippen LogP contribution in [0.2, 0.25) is 0 Å². The van der Waals surface area contributed by atoms with E-state index >= 15 is 0 Å². The maximum atomic E-state index is 13.8. The lowest BCUT2D eigenvalue weighted by molar-refractivity contribution is -0.169. The van der Waals surface area contributed by atoms with Gasteiger partial charge in [-0.1, -0.05) is 6.07 Å². The van der Waals surface area contributed by atoms with Gasteiger partial charge in [-0.2, -0.15) is 0 Å². The standard InChI is InChI=1S/C18H25FN2O4/c1-13(22)25-18(2,3)17(23)21-9-7-20(8-10-21)12-14-5-6-16(24-4)15(19)11-14/h5-6,11H,7-10,12H2,1-4H3. The van der Waals surface area contributed by atoms with Gasteiger partial charge >= 0.3 is 5.97 Å². The van der Waals surface area contributed by atoms with Crippen LogP contribution in [0.1, 0.15) is 26.3 Å². The van der Waals surface area contributed by atoms with Crippen LogP contribution in [0.3, 0.4) is 0 Å². The number of hydrogen-bond acceptors (Lipinski definition) is 5. The van der Waals surface area contributed by atoms with Gasteiger partial charge in [-0.3, -0.25) is 14.5 Å². The molecule has 0 saturated carbocycles. The fourth-order valence-electron chi connectivity index (χ4n) is 2.96. The molecule has 1 amide bonds. The lowest BCUT2D eigenvalue weighted by atomic mass is 10.1. The van der Waals surface area contributed by atoms with Gasteiger partial charge in [0.2, 0.25) is 0 Å². The molecule has 1 aromatic rings. The van der Waals surface area contributed by atoms with Crippen molar-refractivity contribution in [2.75, 3.05) is 33.3 Å². The minimum atomic E-state index is -1.16. The molecular weight excluding hydrogens is 327 g/mol. The van der Waals surface area contributed by atoms with E-state index in [1.165, 1.54) is 20.1 Å². The molecule has 0 radical (unpaired) electrons. The van der Waals surface area contributed by atoms with Gasteiger partial charge in [-0.25, -0.2) is 4.39 Å². The van der Waals surface area contributed by atoms with Crippen molar-refractivity contribution in [1.82, 2.24) is 9.80 Å². The van der Waals surface area contributed by atoms with E-state index in [0.717, 1.165) is 5.56 Å². The van der Waals surface area contributed by atoms with Crippen molar-refractivity contribution < 1.29 is 23.5 Å². The number of amides is 1. The van der Waals surface area contributed by atoms with Crippen LogP contribution in [-0.2, 0) is 20.9 Å². The summed E-state index contributed by atoms with van der Waals surface area (Å²) in [4.78, 5) is 27.5. The summed E-state index contributed by atoms with van der Waals surface area (Å²) in [6.45, 7) is 7.54. The van der Waals surface area contributed by atoms with Crippen molar-refractivity contribution in [3.05, 3.63) is 29.6 Å². The van der Waals surface area contributed by atoms with E-state index in [1.807, 2.05) is 6.07 Å². The average Bonchev–Trinajstić information content (AvgIpc) is 2.54. The molecule has 1 fully saturated rings. The number of benzene rings is 1. The Morgan fingerprint density at radius 1 is 1.20 bits per heavy atom. The number of halogens is 1. The molecular formula is C18H25FN2O4. The van der Waals surface area contributed by atoms with Crippen LogP contribution in [0, 0.1) is 5.82 Å². The van der Waals surface area contributed by atoms with Crippen molar-refractivity contribution in [2.24, 2.45) is 0 Å². The summed E-state index contributed by atoms with van der Waals surface area (Å²) >= 11 is 0. The topological polar surface area (TPSA) is 59.1 Å². The van der Waals surface area contributed by atoms with Crippen LogP contribution < -0.4 is 4.74 Å². The summed E-state index contributed by atoms with van der Waals surface area (Å²) < 4.78 is 23.8. The molecule has 138 valence electrons. The molecule has 25 heavy (non-hydrogen) atoms. The third-order valence-electron chi connectivity index (χ3n) is 4.20. The Bertz CT molecular complexity index is 640. The van der Waals surface area contributed by atoms with Crippen molar-refractivity contribution in [3.63, 3.8) is 0 Å². The van der Waals surface area contributed by atoms with E-state index in [1.54, 1.807) is 24.8 Å². The highest BCUT2D eigenvalue weighted by atomic mass is 19.1. The van der Waals surface area contributed by atoms with Crippen molar-refractivity contribution in [2.45, 2.75) is 32.9 Å². The number of nitrogens with zero attached hydrogens (tertiary/aromatic N) is 2. The predicted octanol–water partition coefficient (Wildman–Crippen LogP) is 1.82. The second kappa shape index (κ2) is 7.82. The molecule has 7 heteroatoms. The largest absolute Gasteiger partial charge is 0.494 e. The number of methoxy groups -OCH3 is 1. The van der Waals surface area contributed by atoms with Crippen molar-refractivity contribution in [1.29, 1.82) is 0 Å². The van der Waals surface area contributed by atoms with Gasteiger partial charge < -0.3 is 14.4 Å². The third-order valence-corrected chi connectivity index (χ3v) is 4.20. The predicted molar refractivity (Wildman–Crippen MR) is 90.7 cm³/mol. The summed E-state index contributed by atoms with van der Waals surface area (Å²) in [7, 11) is 1.44. The van der Waals surface area contributed by atoms with Crippen LogP contribution in [-0.4, -0.2) is 60.6 Å². The zero-order valence-electron chi connectivity index (χ0n) is 15.2. The third kappa shape index (κ3) is 4.92. The zero-order valence-corrected chi connectivity index (χ0v) is 15.2. The van der Waals surface area contributed by atoms with Gasteiger partial charge in [0, 0.05) is 39.6 Å². The minimum Gasteiger partial charge on any atom is -0.494 e. The molecule has 0 spiro atoms. The Morgan fingerprint density at radius 2 is 1.84 bits per heavy atom. The molecule has 1 aliphatic rings. The molecule has 2 rings (SSSR count). The normalized spacial score (nSPS) is 15.8. The van der Waals surface area contributed by atoms with Crippen LogP contribution in [0.5, 0.6) is 5.75 Å². The van der Waals surface area contributed by atoms with Gasteiger partial charge in [0.1, 0.15) is 0 Å². The first-order valence-corrected chi connectivity index (χ1v) is 8.26. The van der Waals surface area contributed by atoms with E-state index in [9.17, 15) is 14.0 Å². The van der Waals surface area contributed by atoms with Crippen LogP contribution in [0.4, 0.5) is 4.39 Å². The number of carbonyl (C=O) groups is 2. The number of hydrogen-bond donors (Lipinski definition) is 0. The Morgan fingerprint density at radius 3 is 2.36 bits per heavy atom. The van der Waals surface area contributed by atoms with Gasteiger partial charge in [-0.15, -0.1) is 0 Å². The molecule has 6 nitrogen and oxygen atoms in total. The molecule has 0 atom stereocenters. The Kier molecular flexibility index (Phi) is 6.00. The summed E-state index contributed by atoms with van der Waals surface area (Å²) in [6, 6.07) is 4.93. The van der Waals surface area contributed by atoms with Crippen LogP contribution >= 0.6 is 0 Å². The van der Waals surface area contributed by atoms with Crippen molar-refractivity contribution >= 4 is 11.9 Å². The first-order chi connectivity index (χ1) is 11.7. The number of piperazine rings is 1. The van der Waals surface area contributed by atoms with E-state index in [4.69, 9.17) is 9.47 Å². The lowest BCUT2D eigenvalue weighted by Gasteiger charge is -2.38. The molecule has 1 heterocycles. The second-order valence-corrected chi connectivity index (χ2v) is 6.64. The van der Waals surface area contributed by atoms with Crippen molar-refractivity contribution in [3.8, 4) is 5.75 Å². The SMILES string of the molecule is COc1ccc(CN2CCN(C(=O)C(C)(C)OC(C)=O)CC2)cc1F. The molecule has 1 aromatic carbocycles. The molecule has 0 N–H and O–H groups in total. The van der Waals surface area contributed by atoms with E-state index in [0.29, 0.717) is 32.7 Å². The minimum absolute atomic E-state index is 0.196. The monoisotopic (exact) mass is 352 g/mol. The fourth-order valence-corrected chi connectivity index (χ4v) is 2.96. The smallest absolute Gasteiger partial charge is 0.303 e. The van der Waals surface area contributed by atoms with E-state index in [-0.39, 0.29) is 17.5 Å². The summed E-state index contributed by atoms with van der Waals surface area (Å²) in [5, 5.41) is 0. The van der Waals surface area contributed by atoms with Gasteiger partial charge in [-0.05, 0) is 31.5 Å². The number of esters is 1. The fraction of sp³-hybridized carbons (Fsp3) is 0.556. The van der Waals surface area contributed by atoms with E-state index < -0.39 is 11.6 Å². The zero-order chi connectivity index (χ0) is 18.6. The highest BCUT2D eigenvalue weighted by Crippen LogP contribution is 2.20. The van der Waals surface area contributed by atoms with Gasteiger partial charge in [0.15, 0.2) is 17.2 Å². The van der Waals surface area contributed by atoms with E-state index in [2.05, 4.69) is 4.90 Å². The highest BCUT2D eigenvalue weighted by Gasteiger charge is 2.36. The quantitative estimate of drug-likeness (QED) is 0.757. The van der Waals surface area contributed by atoms with Crippen LogP contribution in [0.25, 0.3) is 0 Å². The van der Waals surface area contributed by atoms with Crippen LogP contribution in [0.15, 0.2) is 18.2 Å². The molecule has 1 aliphatic heterocycles. The Hall–Kier alpha value is -2.15. The Labute approximate surface area is 147 Å². The highest BCUT2D eigenvalue weighted by molar-refractivity contribution is 5.86. The maximum Gasteiger partial charge on any atom is 0.303 e. The molecule has 0 unspecified atom stereocenters. The molecule has 0 aromatic heterocycles. The molecule has 0 bridgehead atoms. The molecule has 0 aliphatic carbocycles. The lowest BCUT2D eigenvalue weighted by Crippen LogP contribution is -2.54. The average molecular weight is 352 g/mol.